The number of piperazine rings is 1. The van der Waals surface area contributed by atoms with Crippen molar-refractivity contribution in [1.29, 1.82) is 0 Å². The van der Waals surface area contributed by atoms with Crippen molar-refractivity contribution in [2.75, 3.05) is 45.2 Å². The Hall–Kier alpha value is -2.86. The molecule has 0 bridgehead atoms. The van der Waals surface area contributed by atoms with Crippen LogP contribution in [0, 0.1) is 0 Å². The van der Waals surface area contributed by atoms with Crippen LogP contribution in [0.2, 0.25) is 0 Å². The predicted octanol–water partition coefficient (Wildman–Crippen LogP) is 2.85. The smallest absolute Gasteiger partial charge is 0.337 e. The van der Waals surface area contributed by atoms with Gasteiger partial charge in [0.25, 0.3) is 0 Å². The summed E-state index contributed by atoms with van der Waals surface area (Å²) in [5.74, 6) is -0.366. The lowest BCUT2D eigenvalue weighted by Crippen LogP contribution is -2.51. The number of carbonyl (C=O) groups excluding carboxylic acids is 2. The van der Waals surface area contributed by atoms with Crippen LogP contribution in [0.15, 0.2) is 54.6 Å². The van der Waals surface area contributed by atoms with Crippen LogP contribution in [-0.2, 0) is 11.3 Å². The van der Waals surface area contributed by atoms with Crippen molar-refractivity contribution in [3.8, 4) is 0 Å². The SMILES string of the molecule is COC(=O)c1ccc(CN(C(=O)N2CCN(C)CC2)c2ccccc2)cc1. The van der Waals surface area contributed by atoms with Gasteiger partial charge >= 0.3 is 12.0 Å². The second kappa shape index (κ2) is 8.68. The second-order valence-electron chi connectivity index (χ2n) is 6.68. The number of amides is 2. The fourth-order valence-electron chi connectivity index (χ4n) is 3.09. The van der Waals surface area contributed by atoms with Gasteiger partial charge in [-0.15, -0.1) is 0 Å². The van der Waals surface area contributed by atoms with Gasteiger partial charge in [0.2, 0.25) is 0 Å². The number of nitrogens with zero attached hydrogens (tertiary/aromatic N) is 3. The third-order valence-electron chi connectivity index (χ3n) is 4.79. The van der Waals surface area contributed by atoms with E-state index in [0.29, 0.717) is 12.1 Å². The van der Waals surface area contributed by atoms with Gasteiger partial charge in [0, 0.05) is 31.9 Å². The van der Waals surface area contributed by atoms with Crippen LogP contribution in [0.3, 0.4) is 0 Å². The van der Waals surface area contributed by atoms with Crippen LogP contribution < -0.4 is 4.90 Å². The molecule has 0 spiro atoms. The summed E-state index contributed by atoms with van der Waals surface area (Å²) in [6.45, 7) is 3.64. The third kappa shape index (κ3) is 4.65. The van der Waals surface area contributed by atoms with Crippen molar-refractivity contribution in [3.63, 3.8) is 0 Å². The largest absolute Gasteiger partial charge is 0.465 e. The van der Waals surface area contributed by atoms with E-state index in [1.165, 1.54) is 7.11 Å². The summed E-state index contributed by atoms with van der Waals surface area (Å²) >= 11 is 0. The lowest BCUT2D eigenvalue weighted by molar-refractivity contribution is 0.0600. The molecular weight excluding hydrogens is 342 g/mol. The highest BCUT2D eigenvalue weighted by molar-refractivity contribution is 5.92. The van der Waals surface area contributed by atoms with Gasteiger partial charge in [-0.05, 0) is 36.9 Å². The van der Waals surface area contributed by atoms with Gasteiger partial charge in [-0.2, -0.15) is 0 Å². The summed E-state index contributed by atoms with van der Waals surface area (Å²) in [4.78, 5) is 30.7. The minimum atomic E-state index is -0.366. The number of benzene rings is 2. The Morgan fingerprint density at radius 1 is 0.963 bits per heavy atom. The number of anilines is 1. The molecule has 0 aliphatic carbocycles. The van der Waals surface area contributed by atoms with Gasteiger partial charge in [-0.3, -0.25) is 4.90 Å². The molecule has 0 radical (unpaired) electrons. The van der Waals surface area contributed by atoms with Crippen LogP contribution in [0.25, 0.3) is 0 Å². The summed E-state index contributed by atoms with van der Waals surface area (Å²) in [6, 6.07) is 16.9. The molecular formula is C21H25N3O3. The Morgan fingerprint density at radius 3 is 2.19 bits per heavy atom. The Morgan fingerprint density at radius 2 is 1.59 bits per heavy atom. The Kier molecular flexibility index (Phi) is 6.08. The van der Waals surface area contributed by atoms with E-state index < -0.39 is 0 Å². The summed E-state index contributed by atoms with van der Waals surface area (Å²) in [7, 11) is 3.43. The monoisotopic (exact) mass is 367 g/mol. The summed E-state index contributed by atoms with van der Waals surface area (Å²) in [5.41, 5.74) is 2.31. The zero-order valence-electron chi connectivity index (χ0n) is 15.8. The number of rotatable bonds is 4. The highest BCUT2D eigenvalue weighted by atomic mass is 16.5. The van der Waals surface area contributed by atoms with Gasteiger partial charge in [0.15, 0.2) is 0 Å². The van der Waals surface area contributed by atoms with Crippen LogP contribution in [0.5, 0.6) is 0 Å². The highest BCUT2D eigenvalue weighted by Gasteiger charge is 2.25. The van der Waals surface area contributed by atoms with Gasteiger partial charge in [0.1, 0.15) is 0 Å². The molecule has 0 atom stereocenters. The lowest BCUT2D eigenvalue weighted by atomic mass is 10.1. The average Bonchev–Trinajstić information content (AvgIpc) is 2.72. The molecule has 6 heteroatoms. The normalized spacial score (nSPS) is 14.7. The topological polar surface area (TPSA) is 53.1 Å². The maximum atomic E-state index is 13.2. The first-order chi connectivity index (χ1) is 13.1. The zero-order valence-corrected chi connectivity index (χ0v) is 15.8. The van der Waals surface area contributed by atoms with E-state index in [2.05, 4.69) is 11.9 Å². The fourth-order valence-corrected chi connectivity index (χ4v) is 3.09. The molecule has 1 heterocycles. The number of hydrogen-bond acceptors (Lipinski definition) is 4. The van der Waals surface area contributed by atoms with Crippen LogP contribution in [-0.4, -0.2) is 62.1 Å². The van der Waals surface area contributed by atoms with Crippen LogP contribution >= 0.6 is 0 Å². The number of hydrogen-bond donors (Lipinski definition) is 0. The van der Waals surface area contributed by atoms with Crippen LogP contribution in [0.1, 0.15) is 15.9 Å². The first kappa shape index (κ1) is 18.9. The number of esters is 1. The maximum Gasteiger partial charge on any atom is 0.337 e. The molecule has 1 fully saturated rings. The van der Waals surface area contributed by atoms with Crippen molar-refractivity contribution in [2.24, 2.45) is 0 Å². The summed E-state index contributed by atoms with van der Waals surface area (Å²) in [5, 5.41) is 0. The molecule has 1 aliphatic heterocycles. The predicted molar refractivity (Wildman–Crippen MR) is 105 cm³/mol. The average molecular weight is 367 g/mol. The molecule has 2 aromatic rings. The lowest BCUT2D eigenvalue weighted by Gasteiger charge is -2.36. The second-order valence-corrected chi connectivity index (χ2v) is 6.68. The zero-order chi connectivity index (χ0) is 19.2. The number of para-hydroxylation sites is 1. The summed E-state index contributed by atoms with van der Waals surface area (Å²) in [6.07, 6.45) is 0. The van der Waals surface area contributed by atoms with Gasteiger partial charge in [-0.1, -0.05) is 30.3 Å². The number of methoxy groups -OCH3 is 1. The van der Waals surface area contributed by atoms with E-state index >= 15 is 0 Å². The summed E-state index contributed by atoms with van der Waals surface area (Å²) < 4.78 is 4.74. The first-order valence-corrected chi connectivity index (χ1v) is 9.06. The molecule has 27 heavy (non-hydrogen) atoms. The van der Waals surface area contributed by atoms with E-state index in [9.17, 15) is 9.59 Å². The molecule has 0 saturated carbocycles. The fraction of sp³-hybridized carbons (Fsp3) is 0.333. The Balaban J connectivity index is 1.80. The quantitative estimate of drug-likeness (QED) is 0.780. The number of ether oxygens (including phenoxy) is 1. The van der Waals surface area contributed by atoms with E-state index in [0.717, 1.165) is 37.4 Å². The maximum absolute atomic E-state index is 13.2. The molecule has 1 saturated heterocycles. The minimum Gasteiger partial charge on any atom is -0.465 e. The van der Waals surface area contributed by atoms with Gasteiger partial charge in [0.05, 0.1) is 19.2 Å². The van der Waals surface area contributed by atoms with Gasteiger partial charge in [-0.25, -0.2) is 9.59 Å². The van der Waals surface area contributed by atoms with Crippen LogP contribution in [0.4, 0.5) is 10.5 Å². The van der Waals surface area contributed by atoms with Crippen molar-refractivity contribution in [2.45, 2.75) is 6.54 Å². The Labute approximate surface area is 159 Å². The van der Waals surface area contributed by atoms with Crippen molar-refractivity contribution < 1.29 is 14.3 Å². The van der Waals surface area contributed by atoms with E-state index in [1.54, 1.807) is 17.0 Å². The molecule has 2 amide bonds. The molecule has 0 N–H and O–H groups in total. The van der Waals surface area contributed by atoms with E-state index in [1.807, 2.05) is 47.4 Å². The van der Waals surface area contributed by atoms with Gasteiger partial charge < -0.3 is 14.5 Å². The molecule has 0 unspecified atom stereocenters. The standard InChI is InChI=1S/C21H25N3O3/c1-22-12-14-23(15-13-22)21(26)24(19-6-4-3-5-7-19)16-17-8-10-18(11-9-17)20(25)27-2/h3-11H,12-16H2,1-2H3. The van der Waals surface area contributed by atoms with Crippen molar-refractivity contribution in [3.05, 3.63) is 65.7 Å². The molecule has 0 aromatic heterocycles. The molecule has 3 rings (SSSR count). The minimum absolute atomic E-state index is 0.00587. The molecule has 142 valence electrons. The molecule has 2 aromatic carbocycles. The van der Waals surface area contributed by atoms with E-state index in [-0.39, 0.29) is 12.0 Å². The Bertz CT molecular complexity index is 769. The van der Waals surface area contributed by atoms with E-state index in [4.69, 9.17) is 4.74 Å². The van der Waals surface area contributed by atoms with Crippen molar-refractivity contribution in [1.82, 2.24) is 9.80 Å². The highest BCUT2D eigenvalue weighted by Crippen LogP contribution is 2.20. The van der Waals surface area contributed by atoms with Crippen molar-refractivity contribution >= 4 is 17.7 Å². The third-order valence-corrected chi connectivity index (χ3v) is 4.79. The number of carbonyl (C=O) groups is 2. The molecule has 6 nitrogen and oxygen atoms in total. The first-order valence-electron chi connectivity index (χ1n) is 9.06. The number of urea groups is 1. The number of likely N-dealkylation sites (N-methyl/N-ethyl adjacent to an activating group) is 1. The molecule has 1 aliphatic rings.